The molecule has 0 aliphatic rings. The molecule has 16 heavy (non-hydrogen) atoms. The van der Waals surface area contributed by atoms with Gasteiger partial charge < -0.3 is 9.90 Å². The highest BCUT2D eigenvalue weighted by Crippen LogP contribution is 2.17. The van der Waals surface area contributed by atoms with Crippen molar-refractivity contribution >= 4 is 23.0 Å². The molecule has 3 nitrogen and oxygen atoms in total. The normalized spacial score (nSPS) is 9.06. The van der Waals surface area contributed by atoms with E-state index in [4.69, 9.17) is 9.90 Å². The van der Waals surface area contributed by atoms with Gasteiger partial charge in [-0.2, -0.15) is 0 Å². The van der Waals surface area contributed by atoms with E-state index < -0.39 is 5.97 Å². The van der Waals surface area contributed by atoms with E-state index in [-0.39, 0.29) is 0 Å². The number of carbonyl (C=O) groups is 2. The van der Waals surface area contributed by atoms with E-state index in [1.165, 1.54) is 6.92 Å². The first kappa shape index (κ1) is 11.9. The van der Waals surface area contributed by atoms with Crippen molar-refractivity contribution in [3.63, 3.8) is 0 Å². The van der Waals surface area contributed by atoms with E-state index in [2.05, 4.69) is 0 Å². The Bertz CT molecular complexity index is 498. The van der Waals surface area contributed by atoms with Crippen LogP contribution in [0.15, 0.2) is 42.5 Å². The van der Waals surface area contributed by atoms with E-state index in [1.54, 1.807) is 12.1 Å². The molecular formula is C13H12O3. The van der Waals surface area contributed by atoms with Crippen molar-refractivity contribution < 1.29 is 14.7 Å². The molecule has 0 fully saturated rings. The van der Waals surface area contributed by atoms with Crippen LogP contribution >= 0.6 is 0 Å². The van der Waals surface area contributed by atoms with Crippen LogP contribution in [0.2, 0.25) is 0 Å². The van der Waals surface area contributed by atoms with E-state index in [1.807, 2.05) is 30.3 Å². The van der Waals surface area contributed by atoms with Gasteiger partial charge in [-0.3, -0.25) is 0 Å². The fraction of sp³-hybridized carbons (Fsp3) is 0.0769. The Morgan fingerprint density at radius 3 is 2.31 bits per heavy atom. The van der Waals surface area contributed by atoms with E-state index in [0.717, 1.165) is 17.1 Å². The summed E-state index contributed by atoms with van der Waals surface area (Å²) in [5, 5.41) is 10.6. The van der Waals surface area contributed by atoms with Gasteiger partial charge in [0.1, 0.15) is 6.29 Å². The molecule has 0 atom stereocenters. The van der Waals surface area contributed by atoms with Gasteiger partial charge in [-0.1, -0.05) is 36.4 Å². The lowest BCUT2D eigenvalue weighted by Crippen LogP contribution is -1.96. The summed E-state index contributed by atoms with van der Waals surface area (Å²) >= 11 is 0. The maximum atomic E-state index is 10.8. The molecule has 0 amide bonds. The molecule has 0 aliphatic carbocycles. The van der Waals surface area contributed by atoms with Gasteiger partial charge >= 0.3 is 5.97 Å². The van der Waals surface area contributed by atoms with Gasteiger partial charge in [0, 0.05) is 0 Å². The lowest BCUT2D eigenvalue weighted by atomic mass is 10.1. The molecule has 0 aromatic heterocycles. The first-order valence-electron chi connectivity index (χ1n) is 4.81. The number of aromatic carboxylic acids is 1. The number of fused-ring (bicyclic) bond motifs is 1. The third-order valence-corrected chi connectivity index (χ3v) is 2.02. The molecular weight excluding hydrogens is 204 g/mol. The number of carboxylic acid groups (broad SMARTS) is 1. The second kappa shape index (κ2) is 5.66. The van der Waals surface area contributed by atoms with Crippen molar-refractivity contribution in [3.8, 4) is 0 Å². The lowest BCUT2D eigenvalue weighted by molar-refractivity contribution is -0.106. The van der Waals surface area contributed by atoms with Crippen molar-refractivity contribution in [2.75, 3.05) is 0 Å². The second-order valence-corrected chi connectivity index (χ2v) is 3.07. The molecule has 0 unspecified atom stereocenters. The first-order chi connectivity index (χ1) is 7.70. The maximum Gasteiger partial charge on any atom is 0.336 e. The molecule has 3 heteroatoms. The van der Waals surface area contributed by atoms with Gasteiger partial charge in [0.25, 0.3) is 0 Å². The molecule has 0 saturated carbocycles. The Morgan fingerprint density at radius 2 is 1.69 bits per heavy atom. The minimum absolute atomic E-state index is 0.359. The number of aldehydes is 1. The summed E-state index contributed by atoms with van der Waals surface area (Å²) in [5.41, 5.74) is 0.359. The van der Waals surface area contributed by atoms with Crippen LogP contribution in [0.4, 0.5) is 0 Å². The van der Waals surface area contributed by atoms with Gasteiger partial charge in [-0.15, -0.1) is 0 Å². The quantitative estimate of drug-likeness (QED) is 0.745. The van der Waals surface area contributed by atoms with Gasteiger partial charge in [0.05, 0.1) is 5.56 Å². The summed E-state index contributed by atoms with van der Waals surface area (Å²) in [6.07, 6.45) is 0.750. The number of rotatable bonds is 1. The molecule has 0 spiro atoms. The summed E-state index contributed by atoms with van der Waals surface area (Å²) in [4.78, 5) is 19.6. The van der Waals surface area contributed by atoms with Crippen LogP contribution in [0.3, 0.4) is 0 Å². The number of benzene rings is 2. The SMILES string of the molecule is CC=O.O=C(O)c1cccc2ccccc12. The second-order valence-electron chi connectivity index (χ2n) is 3.07. The van der Waals surface area contributed by atoms with Gasteiger partial charge in [0.2, 0.25) is 0 Å². The van der Waals surface area contributed by atoms with E-state index in [9.17, 15) is 4.79 Å². The monoisotopic (exact) mass is 216 g/mol. The smallest absolute Gasteiger partial charge is 0.336 e. The molecule has 0 radical (unpaired) electrons. The summed E-state index contributed by atoms with van der Waals surface area (Å²) in [5.74, 6) is -0.878. The Kier molecular flexibility index (Phi) is 4.21. The fourth-order valence-electron chi connectivity index (χ4n) is 1.41. The Labute approximate surface area is 93.3 Å². The summed E-state index contributed by atoms with van der Waals surface area (Å²) in [7, 11) is 0. The Morgan fingerprint density at radius 1 is 1.12 bits per heavy atom. The summed E-state index contributed by atoms with van der Waals surface area (Å²) in [6, 6.07) is 12.7. The predicted octanol–water partition coefficient (Wildman–Crippen LogP) is 2.74. The molecule has 0 heterocycles. The Hall–Kier alpha value is -2.16. The lowest BCUT2D eigenvalue weighted by Gasteiger charge is -2.00. The molecule has 0 bridgehead atoms. The predicted molar refractivity (Wildman–Crippen MR) is 62.6 cm³/mol. The van der Waals surface area contributed by atoms with Crippen LogP contribution in [0, 0.1) is 0 Å². The zero-order valence-electron chi connectivity index (χ0n) is 8.88. The standard InChI is InChI=1S/C11H8O2.C2H4O/c12-11(13)10-7-3-5-8-4-1-2-6-9(8)10;1-2-3/h1-7H,(H,12,13);2H,1H3. The molecule has 0 saturated heterocycles. The van der Waals surface area contributed by atoms with Gasteiger partial charge in [0.15, 0.2) is 0 Å². The molecule has 1 N–H and O–H groups in total. The number of hydrogen-bond donors (Lipinski definition) is 1. The summed E-state index contributed by atoms with van der Waals surface area (Å²) in [6.45, 7) is 1.44. The highest BCUT2D eigenvalue weighted by atomic mass is 16.4. The maximum absolute atomic E-state index is 10.8. The van der Waals surface area contributed by atoms with E-state index in [0.29, 0.717) is 5.56 Å². The minimum atomic E-state index is -0.878. The topological polar surface area (TPSA) is 54.4 Å². The average Bonchev–Trinajstić information content (AvgIpc) is 2.29. The Balaban J connectivity index is 0.000000386. The zero-order chi connectivity index (χ0) is 12.0. The van der Waals surface area contributed by atoms with Crippen LogP contribution in [-0.2, 0) is 4.79 Å². The van der Waals surface area contributed by atoms with E-state index >= 15 is 0 Å². The van der Waals surface area contributed by atoms with Crippen LogP contribution in [0.1, 0.15) is 17.3 Å². The van der Waals surface area contributed by atoms with Crippen molar-refractivity contribution in [2.45, 2.75) is 6.92 Å². The average molecular weight is 216 g/mol. The molecule has 0 aliphatic heterocycles. The van der Waals surface area contributed by atoms with Crippen LogP contribution in [-0.4, -0.2) is 17.4 Å². The number of hydrogen-bond acceptors (Lipinski definition) is 2. The molecule has 2 aromatic rings. The van der Waals surface area contributed by atoms with Crippen molar-refractivity contribution in [3.05, 3.63) is 48.0 Å². The largest absolute Gasteiger partial charge is 0.478 e. The van der Waals surface area contributed by atoms with Crippen LogP contribution < -0.4 is 0 Å². The first-order valence-corrected chi connectivity index (χ1v) is 4.81. The highest BCUT2D eigenvalue weighted by molar-refractivity contribution is 6.03. The molecule has 2 aromatic carbocycles. The number of carboxylic acids is 1. The van der Waals surface area contributed by atoms with Gasteiger partial charge in [-0.05, 0) is 23.8 Å². The van der Waals surface area contributed by atoms with Crippen LogP contribution in [0.25, 0.3) is 10.8 Å². The van der Waals surface area contributed by atoms with Crippen molar-refractivity contribution in [1.82, 2.24) is 0 Å². The van der Waals surface area contributed by atoms with Crippen molar-refractivity contribution in [2.24, 2.45) is 0 Å². The summed E-state index contributed by atoms with van der Waals surface area (Å²) < 4.78 is 0. The molecule has 2 rings (SSSR count). The third-order valence-electron chi connectivity index (χ3n) is 2.02. The van der Waals surface area contributed by atoms with Crippen molar-refractivity contribution in [1.29, 1.82) is 0 Å². The zero-order valence-corrected chi connectivity index (χ0v) is 8.88. The van der Waals surface area contributed by atoms with Crippen LogP contribution in [0.5, 0.6) is 0 Å². The fourth-order valence-corrected chi connectivity index (χ4v) is 1.41. The number of carbonyl (C=O) groups excluding carboxylic acids is 1. The highest BCUT2D eigenvalue weighted by Gasteiger charge is 2.05. The van der Waals surface area contributed by atoms with Gasteiger partial charge in [-0.25, -0.2) is 4.79 Å². The molecule has 82 valence electrons. The third kappa shape index (κ3) is 2.67. The minimum Gasteiger partial charge on any atom is -0.478 e.